The van der Waals surface area contributed by atoms with Crippen LogP contribution in [0.4, 0.5) is 0 Å². The lowest BCUT2D eigenvalue weighted by molar-refractivity contribution is 0.0924. The predicted octanol–water partition coefficient (Wildman–Crippen LogP) is 3.77. The van der Waals surface area contributed by atoms with E-state index in [2.05, 4.69) is 15.6 Å². The Morgan fingerprint density at radius 3 is 2.63 bits per heavy atom. The van der Waals surface area contributed by atoms with Crippen LogP contribution in [-0.2, 0) is 0 Å². The second-order valence-corrected chi connectivity index (χ2v) is 9.65. The summed E-state index contributed by atoms with van der Waals surface area (Å²) in [5.74, 6) is -0.443. The first-order valence-electron chi connectivity index (χ1n) is 10.2. The fraction of sp³-hybridized carbons (Fsp3) is 0.429. The van der Waals surface area contributed by atoms with Crippen LogP contribution >= 0.6 is 23.6 Å². The molecule has 1 aliphatic carbocycles. The summed E-state index contributed by atoms with van der Waals surface area (Å²) in [6.07, 6.45) is 5.46. The number of H-pyrrole nitrogens is 1. The van der Waals surface area contributed by atoms with E-state index in [0.717, 1.165) is 37.0 Å². The van der Waals surface area contributed by atoms with Gasteiger partial charge in [0.1, 0.15) is 10.5 Å². The minimum Gasteiger partial charge on any atom is -0.349 e. The number of aromatic amines is 1. The average Bonchev–Trinajstić information content (AvgIpc) is 3.04. The van der Waals surface area contributed by atoms with Gasteiger partial charge in [-0.05, 0) is 57.1 Å². The molecule has 2 heterocycles. The molecule has 2 amide bonds. The Morgan fingerprint density at radius 2 is 1.93 bits per heavy atom. The summed E-state index contributed by atoms with van der Waals surface area (Å²) < 4.78 is 2.11. The number of rotatable bonds is 4. The third kappa shape index (κ3) is 3.91. The van der Waals surface area contributed by atoms with E-state index in [-0.39, 0.29) is 29.5 Å². The van der Waals surface area contributed by atoms with E-state index in [0.29, 0.717) is 30.9 Å². The van der Waals surface area contributed by atoms with E-state index in [1.165, 1.54) is 6.42 Å². The van der Waals surface area contributed by atoms with E-state index in [1.54, 1.807) is 22.6 Å². The molecule has 1 aliphatic rings. The Labute approximate surface area is 182 Å². The summed E-state index contributed by atoms with van der Waals surface area (Å²) in [6.45, 7) is 3.73. The van der Waals surface area contributed by atoms with Crippen molar-refractivity contribution in [1.82, 2.24) is 20.0 Å². The van der Waals surface area contributed by atoms with Crippen molar-refractivity contribution in [2.24, 2.45) is 0 Å². The van der Waals surface area contributed by atoms with Crippen LogP contribution in [0.5, 0.6) is 0 Å². The highest BCUT2D eigenvalue weighted by molar-refractivity contribution is 7.73. The highest BCUT2D eigenvalue weighted by atomic mass is 32.1. The van der Waals surface area contributed by atoms with Gasteiger partial charge in [-0.25, -0.2) is 0 Å². The van der Waals surface area contributed by atoms with Gasteiger partial charge in [0.25, 0.3) is 17.4 Å². The first-order chi connectivity index (χ1) is 14.3. The van der Waals surface area contributed by atoms with Crippen LogP contribution in [0, 0.1) is 3.95 Å². The molecule has 0 bridgehead atoms. The maximum Gasteiger partial charge on any atom is 0.265 e. The molecule has 0 saturated heterocycles. The molecule has 0 unspecified atom stereocenters. The van der Waals surface area contributed by atoms with Crippen molar-refractivity contribution in [3.8, 4) is 0 Å². The van der Waals surface area contributed by atoms with Crippen LogP contribution < -0.4 is 16.2 Å². The molecule has 0 aliphatic heterocycles. The molecule has 3 aromatic rings. The standard InChI is InChI=1S/C21H24N4O3S2/c1-11(2)22-20(28)16-17-24-19(27)14-9-8-12(10-15(14)25(17)21(29)30-16)18(26)23-13-6-4-3-5-7-13/h8-11,13H,3-7H2,1-2H3,(H,22,28)(H,23,26)(H,24,27). The van der Waals surface area contributed by atoms with Gasteiger partial charge in [0, 0.05) is 17.6 Å². The molecule has 0 spiro atoms. The van der Waals surface area contributed by atoms with Gasteiger partial charge in [0.2, 0.25) is 0 Å². The van der Waals surface area contributed by atoms with Crippen LogP contribution in [0.25, 0.3) is 16.6 Å². The Balaban J connectivity index is 1.80. The summed E-state index contributed by atoms with van der Waals surface area (Å²) in [4.78, 5) is 41.2. The van der Waals surface area contributed by atoms with Gasteiger partial charge in [-0.3, -0.25) is 18.8 Å². The zero-order valence-electron chi connectivity index (χ0n) is 16.9. The molecule has 30 heavy (non-hydrogen) atoms. The average molecular weight is 445 g/mol. The summed E-state index contributed by atoms with van der Waals surface area (Å²) in [6, 6.07) is 5.12. The van der Waals surface area contributed by atoms with Crippen LogP contribution in [0.15, 0.2) is 23.0 Å². The highest BCUT2D eigenvalue weighted by Gasteiger charge is 2.20. The normalized spacial score (nSPS) is 15.0. The maximum absolute atomic E-state index is 12.8. The van der Waals surface area contributed by atoms with Crippen LogP contribution in [0.1, 0.15) is 66.0 Å². The second-order valence-electron chi connectivity index (χ2n) is 8.00. The summed E-state index contributed by atoms with van der Waals surface area (Å²) in [5, 5.41) is 6.35. The molecule has 1 fully saturated rings. The van der Waals surface area contributed by atoms with Gasteiger partial charge in [-0.15, -0.1) is 0 Å². The fourth-order valence-corrected chi connectivity index (χ4v) is 5.21. The van der Waals surface area contributed by atoms with Crippen molar-refractivity contribution in [1.29, 1.82) is 0 Å². The largest absolute Gasteiger partial charge is 0.349 e. The molecular weight excluding hydrogens is 420 g/mol. The van der Waals surface area contributed by atoms with E-state index >= 15 is 0 Å². The lowest BCUT2D eigenvalue weighted by Crippen LogP contribution is -2.36. The van der Waals surface area contributed by atoms with Crippen molar-refractivity contribution in [3.05, 3.63) is 42.9 Å². The monoisotopic (exact) mass is 444 g/mol. The number of fused-ring (bicyclic) bond motifs is 3. The van der Waals surface area contributed by atoms with Crippen molar-refractivity contribution in [2.45, 2.75) is 58.0 Å². The molecular formula is C21H24N4O3S2. The Morgan fingerprint density at radius 1 is 1.20 bits per heavy atom. The summed E-state index contributed by atoms with van der Waals surface area (Å²) in [7, 11) is 0. The zero-order chi connectivity index (χ0) is 21.4. The molecule has 0 radical (unpaired) electrons. The first kappa shape index (κ1) is 20.7. The molecule has 9 heteroatoms. The highest BCUT2D eigenvalue weighted by Crippen LogP contribution is 2.24. The molecule has 2 aromatic heterocycles. The molecule has 158 valence electrons. The number of thiazole rings is 1. The minimum absolute atomic E-state index is 0.0458. The van der Waals surface area contributed by atoms with Crippen LogP contribution in [0.2, 0.25) is 0 Å². The fourth-order valence-electron chi connectivity index (χ4n) is 3.93. The Hall–Kier alpha value is -2.52. The van der Waals surface area contributed by atoms with E-state index in [9.17, 15) is 14.4 Å². The number of carbonyl (C=O) groups is 2. The number of nitrogens with one attached hydrogen (secondary N) is 3. The summed E-state index contributed by atoms with van der Waals surface area (Å²) >= 11 is 6.64. The second kappa shape index (κ2) is 8.31. The number of aromatic nitrogens is 2. The Bertz CT molecular complexity index is 1250. The third-order valence-corrected chi connectivity index (χ3v) is 6.73. The van der Waals surface area contributed by atoms with Crippen molar-refractivity contribution >= 4 is 51.9 Å². The van der Waals surface area contributed by atoms with Crippen molar-refractivity contribution < 1.29 is 9.59 Å². The molecule has 3 N–H and O–H groups in total. The smallest absolute Gasteiger partial charge is 0.265 e. The zero-order valence-corrected chi connectivity index (χ0v) is 18.5. The SMILES string of the molecule is CC(C)NC(=O)c1sc(=S)n2c1[nH]c(=O)c1ccc(C(=O)NC3CCCCC3)cc12. The number of nitrogens with zero attached hydrogens (tertiary/aromatic N) is 1. The van der Waals surface area contributed by atoms with E-state index in [1.807, 2.05) is 13.8 Å². The number of benzene rings is 1. The van der Waals surface area contributed by atoms with Gasteiger partial charge in [0.05, 0.1) is 10.9 Å². The van der Waals surface area contributed by atoms with E-state index in [4.69, 9.17) is 12.2 Å². The summed E-state index contributed by atoms with van der Waals surface area (Å²) in [5.41, 5.74) is 1.03. The van der Waals surface area contributed by atoms with E-state index < -0.39 is 0 Å². The first-order valence-corrected chi connectivity index (χ1v) is 11.4. The third-order valence-electron chi connectivity index (χ3n) is 5.35. The van der Waals surface area contributed by atoms with Gasteiger partial charge in [0.15, 0.2) is 3.95 Å². The molecule has 7 nitrogen and oxygen atoms in total. The lowest BCUT2D eigenvalue weighted by Gasteiger charge is -2.22. The number of hydrogen-bond acceptors (Lipinski definition) is 5. The predicted molar refractivity (Wildman–Crippen MR) is 121 cm³/mol. The van der Waals surface area contributed by atoms with Crippen molar-refractivity contribution in [2.75, 3.05) is 0 Å². The maximum atomic E-state index is 12.8. The van der Waals surface area contributed by atoms with Gasteiger partial charge in [-0.2, -0.15) is 0 Å². The quantitative estimate of drug-likeness (QED) is 0.534. The molecule has 1 saturated carbocycles. The van der Waals surface area contributed by atoms with Crippen LogP contribution in [0.3, 0.4) is 0 Å². The molecule has 0 atom stereocenters. The van der Waals surface area contributed by atoms with Crippen LogP contribution in [-0.4, -0.2) is 33.3 Å². The molecule has 4 rings (SSSR count). The lowest BCUT2D eigenvalue weighted by atomic mass is 9.95. The number of hydrogen-bond donors (Lipinski definition) is 3. The minimum atomic E-state index is -0.323. The van der Waals surface area contributed by atoms with Crippen molar-refractivity contribution in [3.63, 3.8) is 0 Å². The Kier molecular flexibility index (Phi) is 5.75. The molecule has 1 aromatic carbocycles. The van der Waals surface area contributed by atoms with Gasteiger partial charge in [-0.1, -0.05) is 30.6 Å². The van der Waals surface area contributed by atoms with Gasteiger partial charge < -0.3 is 15.6 Å². The topological polar surface area (TPSA) is 95.5 Å². The number of amides is 2. The number of carbonyl (C=O) groups excluding carboxylic acids is 2. The van der Waals surface area contributed by atoms with Gasteiger partial charge >= 0.3 is 0 Å².